The van der Waals surface area contributed by atoms with Crippen LogP contribution in [0.2, 0.25) is 0 Å². The number of halogens is 3. The zero-order valence-corrected chi connectivity index (χ0v) is 11.3. The molecule has 0 fully saturated rings. The largest absolute Gasteiger partial charge is 0.416 e. The van der Waals surface area contributed by atoms with Gasteiger partial charge < -0.3 is 0 Å². The topological polar surface area (TPSA) is 0 Å². The van der Waals surface area contributed by atoms with Crippen molar-refractivity contribution in [3.8, 4) is 0 Å². The van der Waals surface area contributed by atoms with Crippen LogP contribution >= 0.6 is 0 Å². The first-order chi connectivity index (χ1) is 9.52. The second kappa shape index (κ2) is 6.12. The summed E-state index contributed by atoms with van der Waals surface area (Å²) in [6, 6.07) is 15.4. The number of hydrogen-bond acceptors (Lipinski definition) is 0. The Kier molecular flexibility index (Phi) is 4.48. The molecule has 0 aliphatic rings. The molecule has 0 nitrogen and oxygen atoms in total. The van der Waals surface area contributed by atoms with Gasteiger partial charge in [-0.2, -0.15) is 13.2 Å². The summed E-state index contributed by atoms with van der Waals surface area (Å²) in [5.41, 5.74) is 1.49. The van der Waals surface area contributed by atoms with Gasteiger partial charge in [-0.05, 0) is 29.7 Å². The second-order valence-corrected chi connectivity index (χ2v) is 4.87. The molecular formula is C17H17F3. The zero-order valence-electron chi connectivity index (χ0n) is 11.3. The molecule has 0 aliphatic carbocycles. The lowest BCUT2D eigenvalue weighted by atomic mass is 9.87. The Morgan fingerprint density at radius 3 is 1.90 bits per heavy atom. The number of hydrogen-bond donors (Lipinski definition) is 0. The third kappa shape index (κ3) is 3.41. The number of alkyl halides is 3. The molecule has 20 heavy (non-hydrogen) atoms. The summed E-state index contributed by atoms with van der Waals surface area (Å²) in [5.74, 6) is 0.156. The molecule has 0 amide bonds. The molecule has 0 aromatic heterocycles. The Balaban J connectivity index is 2.31. The smallest absolute Gasteiger partial charge is 0.166 e. The van der Waals surface area contributed by atoms with Gasteiger partial charge in [-0.1, -0.05) is 55.8 Å². The third-order valence-electron chi connectivity index (χ3n) is 3.42. The summed E-state index contributed by atoms with van der Waals surface area (Å²) >= 11 is 0. The summed E-state index contributed by atoms with van der Waals surface area (Å²) < 4.78 is 37.8. The Morgan fingerprint density at radius 2 is 1.40 bits per heavy atom. The molecule has 3 heteroatoms. The van der Waals surface area contributed by atoms with E-state index in [2.05, 4.69) is 6.92 Å². The van der Waals surface area contributed by atoms with Crippen LogP contribution in [0.5, 0.6) is 0 Å². The van der Waals surface area contributed by atoms with Crippen LogP contribution in [0.15, 0.2) is 54.6 Å². The average molecular weight is 278 g/mol. The van der Waals surface area contributed by atoms with E-state index in [0.29, 0.717) is 0 Å². The molecule has 0 saturated carbocycles. The number of benzene rings is 2. The molecule has 0 spiro atoms. The van der Waals surface area contributed by atoms with Gasteiger partial charge in [-0.15, -0.1) is 0 Å². The fraction of sp³-hybridized carbons (Fsp3) is 0.294. The Labute approximate surface area is 117 Å². The quantitative estimate of drug-likeness (QED) is 0.679. The maximum absolute atomic E-state index is 12.6. The van der Waals surface area contributed by atoms with Crippen molar-refractivity contribution in [2.24, 2.45) is 0 Å². The van der Waals surface area contributed by atoms with Crippen molar-refractivity contribution in [3.63, 3.8) is 0 Å². The highest BCUT2D eigenvalue weighted by atomic mass is 19.4. The van der Waals surface area contributed by atoms with Crippen molar-refractivity contribution in [1.82, 2.24) is 0 Å². The van der Waals surface area contributed by atoms with Crippen LogP contribution in [-0.2, 0) is 6.18 Å². The first-order valence-corrected chi connectivity index (χ1v) is 6.74. The van der Waals surface area contributed by atoms with Gasteiger partial charge in [0.25, 0.3) is 0 Å². The summed E-state index contributed by atoms with van der Waals surface area (Å²) in [6.45, 7) is 2.08. The van der Waals surface area contributed by atoms with Crippen LogP contribution in [0.3, 0.4) is 0 Å². The van der Waals surface area contributed by atoms with Gasteiger partial charge >= 0.3 is 6.18 Å². The Hall–Kier alpha value is -1.77. The maximum atomic E-state index is 12.6. The van der Waals surface area contributed by atoms with Crippen LogP contribution < -0.4 is 0 Å². The van der Waals surface area contributed by atoms with E-state index in [1.807, 2.05) is 30.3 Å². The highest BCUT2D eigenvalue weighted by Crippen LogP contribution is 2.33. The van der Waals surface area contributed by atoms with E-state index < -0.39 is 11.7 Å². The molecule has 1 unspecified atom stereocenters. The zero-order chi connectivity index (χ0) is 14.6. The van der Waals surface area contributed by atoms with Gasteiger partial charge in [0.1, 0.15) is 0 Å². The standard InChI is InChI=1S/C17H17F3/c1-2-6-16(13-7-4-3-5-8-13)14-9-11-15(12-10-14)17(18,19)20/h3-5,7-12,16H,2,6H2,1H3. The van der Waals surface area contributed by atoms with Crippen molar-refractivity contribution in [1.29, 1.82) is 0 Å². The molecule has 2 rings (SSSR count). The van der Waals surface area contributed by atoms with E-state index in [-0.39, 0.29) is 5.92 Å². The summed E-state index contributed by atoms with van der Waals surface area (Å²) in [6.07, 6.45) is -2.36. The summed E-state index contributed by atoms with van der Waals surface area (Å²) in [4.78, 5) is 0. The molecule has 2 aromatic carbocycles. The van der Waals surface area contributed by atoms with Crippen molar-refractivity contribution < 1.29 is 13.2 Å². The summed E-state index contributed by atoms with van der Waals surface area (Å²) in [7, 11) is 0. The molecule has 0 heterocycles. The molecule has 0 radical (unpaired) electrons. The molecular weight excluding hydrogens is 261 g/mol. The van der Waals surface area contributed by atoms with Crippen LogP contribution in [0.25, 0.3) is 0 Å². The summed E-state index contributed by atoms with van der Waals surface area (Å²) in [5, 5.41) is 0. The van der Waals surface area contributed by atoms with Gasteiger partial charge in [-0.25, -0.2) is 0 Å². The predicted octanol–water partition coefficient (Wildman–Crippen LogP) is 5.64. The fourth-order valence-electron chi connectivity index (χ4n) is 2.40. The molecule has 106 valence electrons. The third-order valence-corrected chi connectivity index (χ3v) is 3.42. The van der Waals surface area contributed by atoms with Gasteiger partial charge in [-0.3, -0.25) is 0 Å². The van der Waals surface area contributed by atoms with Gasteiger partial charge in [0, 0.05) is 5.92 Å². The average Bonchev–Trinajstić information content (AvgIpc) is 2.45. The Bertz CT molecular complexity index is 526. The van der Waals surface area contributed by atoms with Gasteiger partial charge in [0.05, 0.1) is 5.56 Å². The van der Waals surface area contributed by atoms with Crippen LogP contribution in [0, 0.1) is 0 Å². The van der Waals surface area contributed by atoms with Gasteiger partial charge in [0.2, 0.25) is 0 Å². The first-order valence-electron chi connectivity index (χ1n) is 6.74. The molecule has 2 aromatic rings. The van der Waals surface area contributed by atoms with Gasteiger partial charge in [0.15, 0.2) is 0 Å². The first kappa shape index (κ1) is 14.6. The highest BCUT2D eigenvalue weighted by Gasteiger charge is 2.30. The molecule has 0 bridgehead atoms. The molecule has 0 saturated heterocycles. The van der Waals surface area contributed by atoms with Crippen molar-refractivity contribution in [3.05, 3.63) is 71.3 Å². The number of rotatable bonds is 4. The second-order valence-electron chi connectivity index (χ2n) is 4.87. The van der Waals surface area contributed by atoms with Crippen LogP contribution in [-0.4, -0.2) is 0 Å². The lowest BCUT2D eigenvalue weighted by Gasteiger charge is -2.18. The monoisotopic (exact) mass is 278 g/mol. The lowest BCUT2D eigenvalue weighted by molar-refractivity contribution is -0.137. The van der Waals surface area contributed by atoms with Crippen molar-refractivity contribution >= 4 is 0 Å². The fourth-order valence-corrected chi connectivity index (χ4v) is 2.40. The molecule has 1 atom stereocenters. The van der Waals surface area contributed by atoms with Crippen LogP contribution in [0.4, 0.5) is 13.2 Å². The maximum Gasteiger partial charge on any atom is 0.416 e. The predicted molar refractivity (Wildman–Crippen MR) is 74.6 cm³/mol. The van der Waals surface area contributed by atoms with E-state index in [1.165, 1.54) is 12.1 Å². The van der Waals surface area contributed by atoms with Crippen LogP contribution in [0.1, 0.15) is 42.4 Å². The van der Waals surface area contributed by atoms with E-state index in [1.54, 1.807) is 12.1 Å². The van der Waals surface area contributed by atoms with E-state index in [0.717, 1.165) is 24.0 Å². The van der Waals surface area contributed by atoms with E-state index >= 15 is 0 Å². The van der Waals surface area contributed by atoms with Crippen molar-refractivity contribution in [2.45, 2.75) is 31.9 Å². The Morgan fingerprint density at radius 1 is 0.850 bits per heavy atom. The lowest BCUT2D eigenvalue weighted by Crippen LogP contribution is -2.06. The molecule has 0 aliphatic heterocycles. The van der Waals surface area contributed by atoms with Crippen molar-refractivity contribution in [2.75, 3.05) is 0 Å². The minimum atomic E-state index is -4.27. The SMILES string of the molecule is CCCC(c1ccccc1)c1ccc(C(F)(F)F)cc1. The molecule has 0 N–H and O–H groups in total. The minimum absolute atomic E-state index is 0.156. The highest BCUT2D eigenvalue weighted by molar-refractivity contribution is 5.34. The normalized spacial score (nSPS) is 13.2. The minimum Gasteiger partial charge on any atom is -0.166 e. The van der Waals surface area contributed by atoms with E-state index in [9.17, 15) is 13.2 Å². The van der Waals surface area contributed by atoms with E-state index in [4.69, 9.17) is 0 Å².